The Hall–Kier alpha value is -2.24. The van der Waals surface area contributed by atoms with Crippen molar-refractivity contribution < 1.29 is 13.6 Å². The third-order valence-corrected chi connectivity index (χ3v) is 4.57. The Balaban J connectivity index is 1.77. The number of halogens is 2. The van der Waals surface area contributed by atoms with Crippen LogP contribution in [-0.2, 0) is 16.6 Å². The van der Waals surface area contributed by atoms with Crippen LogP contribution in [-0.4, -0.2) is 22.4 Å². The van der Waals surface area contributed by atoms with Gasteiger partial charge < -0.3 is 10.3 Å². The minimum absolute atomic E-state index is 0.175. The van der Waals surface area contributed by atoms with Crippen molar-refractivity contribution in [3.05, 3.63) is 53.6 Å². The lowest BCUT2D eigenvalue weighted by atomic mass is 9.77. The van der Waals surface area contributed by atoms with Crippen LogP contribution in [0.1, 0.15) is 36.9 Å². The van der Waals surface area contributed by atoms with Gasteiger partial charge in [-0.2, -0.15) is 0 Å². The van der Waals surface area contributed by atoms with E-state index in [1.807, 2.05) is 0 Å². The number of amides is 1. The molecule has 122 valence electrons. The van der Waals surface area contributed by atoms with Gasteiger partial charge >= 0.3 is 0 Å². The first-order valence-corrected chi connectivity index (χ1v) is 7.83. The Labute approximate surface area is 133 Å². The van der Waals surface area contributed by atoms with Crippen molar-refractivity contribution in [2.24, 2.45) is 0 Å². The van der Waals surface area contributed by atoms with Gasteiger partial charge in [-0.25, -0.2) is 13.8 Å². The van der Waals surface area contributed by atoms with Crippen LogP contribution in [0, 0.1) is 11.6 Å². The van der Waals surface area contributed by atoms with Crippen LogP contribution in [0.4, 0.5) is 8.78 Å². The molecule has 1 aliphatic carbocycles. The number of hydrogen-bond donors (Lipinski definition) is 2. The van der Waals surface area contributed by atoms with Crippen LogP contribution in [0.15, 0.2) is 30.7 Å². The van der Waals surface area contributed by atoms with Crippen molar-refractivity contribution in [1.29, 1.82) is 0 Å². The molecular formula is C17H19F2N3O. The minimum atomic E-state index is -0.958. The van der Waals surface area contributed by atoms with Crippen LogP contribution in [0.2, 0.25) is 0 Å². The van der Waals surface area contributed by atoms with E-state index in [0.717, 1.165) is 36.7 Å². The number of carbonyl (C=O) groups excluding carboxylic acids is 1. The second kappa shape index (κ2) is 6.48. The molecule has 1 saturated carbocycles. The lowest BCUT2D eigenvalue weighted by Gasteiger charge is -2.28. The highest BCUT2D eigenvalue weighted by atomic mass is 19.1. The highest BCUT2D eigenvalue weighted by molar-refractivity contribution is 5.88. The molecular weight excluding hydrogens is 300 g/mol. The van der Waals surface area contributed by atoms with Gasteiger partial charge in [0.2, 0.25) is 5.91 Å². The van der Waals surface area contributed by atoms with Gasteiger partial charge in [0.25, 0.3) is 0 Å². The number of nitrogens with zero attached hydrogens (tertiary/aromatic N) is 1. The summed E-state index contributed by atoms with van der Waals surface area (Å²) in [4.78, 5) is 19.6. The van der Waals surface area contributed by atoms with Crippen molar-refractivity contribution in [2.75, 3.05) is 6.54 Å². The second-order valence-electron chi connectivity index (χ2n) is 6.00. The first-order valence-electron chi connectivity index (χ1n) is 7.83. The first kappa shape index (κ1) is 15.6. The predicted molar refractivity (Wildman–Crippen MR) is 81.8 cm³/mol. The molecule has 4 nitrogen and oxygen atoms in total. The molecule has 1 amide bonds. The SMILES string of the molecule is O=C(NCCc1cnc[nH]1)C1(c2cc(F)ccc2F)CCCC1. The lowest BCUT2D eigenvalue weighted by molar-refractivity contribution is -0.126. The summed E-state index contributed by atoms with van der Waals surface area (Å²) in [5.74, 6) is -1.26. The molecule has 1 fully saturated rings. The molecule has 0 saturated heterocycles. The number of carbonyl (C=O) groups is 1. The van der Waals surface area contributed by atoms with Crippen molar-refractivity contribution in [2.45, 2.75) is 37.5 Å². The summed E-state index contributed by atoms with van der Waals surface area (Å²) in [6, 6.07) is 3.34. The smallest absolute Gasteiger partial charge is 0.230 e. The quantitative estimate of drug-likeness (QED) is 0.890. The van der Waals surface area contributed by atoms with E-state index in [1.54, 1.807) is 12.5 Å². The maximum Gasteiger partial charge on any atom is 0.230 e. The monoisotopic (exact) mass is 319 g/mol. The third-order valence-electron chi connectivity index (χ3n) is 4.57. The van der Waals surface area contributed by atoms with Crippen LogP contribution in [0.25, 0.3) is 0 Å². The molecule has 0 bridgehead atoms. The number of H-pyrrole nitrogens is 1. The Morgan fingerprint density at radius 3 is 2.78 bits per heavy atom. The molecule has 1 heterocycles. The number of imidazole rings is 1. The molecule has 1 aromatic carbocycles. The Kier molecular flexibility index (Phi) is 4.41. The zero-order valence-electron chi connectivity index (χ0n) is 12.7. The number of benzene rings is 1. The summed E-state index contributed by atoms with van der Waals surface area (Å²) in [7, 11) is 0. The van der Waals surface area contributed by atoms with Gasteiger partial charge in [0.15, 0.2) is 0 Å². The van der Waals surface area contributed by atoms with Crippen LogP contribution in [0.5, 0.6) is 0 Å². The van der Waals surface area contributed by atoms with Crippen molar-refractivity contribution >= 4 is 5.91 Å². The molecule has 0 radical (unpaired) electrons. The Morgan fingerprint density at radius 2 is 2.09 bits per heavy atom. The standard InChI is InChI=1S/C17H19F2N3O/c18-12-3-4-15(19)14(9-12)17(6-1-2-7-17)16(23)21-8-5-13-10-20-11-22-13/h3-4,9-11H,1-2,5-8H2,(H,20,22)(H,21,23). The zero-order chi connectivity index (χ0) is 16.3. The molecule has 0 unspecified atom stereocenters. The molecule has 0 spiro atoms. The Bertz CT molecular complexity index is 679. The number of hydrogen-bond acceptors (Lipinski definition) is 2. The summed E-state index contributed by atoms with van der Waals surface area (Å²) >= 11 is 0. The van der Waals surface area contributed by atoms with Crippen LogP contribution in [0.3, 0.4) is 0 Å². The molecule has 2 aromatic rings. The van der Waals surface area contributed by atoms with E-state index in [-0.39, 0.29) is 11.5 Å². The van der Waals surface area contributed by atoms with Gasteiger partial charge in [0.05, 0.1) is 11.7 Å². The van der Waals surface area contributed by atoms with Gasteiger partial charge in [0.1, 0.15) is 11.6 Å². The summed E-state index contributed by atoms with van der Waals surface area (Å²) < 4.78 is 27.8. The molecule has 6 heteroatoms. The van der Waals surface area contributed by atoms with Crippen LogP contribution < -0.4 is 5.32 Å². The van der Waals surface area contributed by atoms with Gasteiger partial charge in [-0.3, -0.25) is 4.79 Å². The first-order chi connectivity index (χ1) is 11.1. The topological polar surface area (TPSA) is 57.8 Å². The van der Waals surface area contributed by atoms with Crippen molar-refractivity contribution in [3.63, 3.8) is 0 Å². The highest BCUT2D eigenvalue weighted by Crippen LogP contribution is 2.42. The van der Waals surface area contributed by atoms with E-state index < -0.39 is 17.0 Å². The van der Waals surface area contributed by atoms with E-state index in [4.69, 9.17) is 0 Å². The normalized spacial score (nSPS) is 16.4. The van der Waals surface area contributed by atoms with Crippen molar-refractivity contribution in [3.8, 4) is 0 Å². The fourth-order valence-corrected chi connectivity index (χ4v) is 3.36. The zero-order valence-corrected chi connectivity index (χ0v) is 12.7. The van der Waals surface area contributed by atoms with Crippen molar-refractivity contribution in [1.82, 2.24) is 15.3 Å². The third kappa shape index (κ3) is 3.11. The number of aromatic amines is 1. The largest absolute Gasteiger partial charge is 0.355 e. The fraction of sp³-hybridized carbons (Fsp3) is 0.412. The van der Waals surface area contributed by atoms with Crippen LogP contribution >= 0.6 is 0 Å². The summed E-state index contributed by atoms with van der Waals surface area (Å²) in [6.45, 7) is 0.430. The minimum Gasteiger partial charge on any atom is -0.355 e. The summed E-state index contributed by atoms with van der Waals surface area (Å²) in [5, 5.41) is 2.87. The number of rotatable bonds is 5. The average molecular weight is 319 g/mol. The maximum absolute atomic E-state index is 14.2. The van der Waals surface area contributed by atoms with E-state index in [1.165, 1.54) is 0 Å². The molecule has 0 aliphatic heterocycles. The predicted octanol–water partition coefficient (Wildman–Crippen LogP) is 2.86. The number of aromatic nitrogens is 2. The molecule has 3 rings (SSSR count). The van der Waals surface area contributed by atoms with E-state index in [0.29, 0.717) is 25.8 Å². The van der Waals surface area contributed by atoms with E-state index in [9.17, 15) is 13.6 Å². The molecule has 2 N–H and O–H groups in total. The van der Waals surface area contributed by atoms with Gasteiger partial charge in [-0.1, -0.05) is 12.8 Å². The second-order valence-corrected chi connectivity index (χ2v) is 6.00. The molecule has 23 heavy (non-hydrogen) atoms. The maximum atomic E-state index is 14.2. The van der Waals surface area contributed by atoms with Gasteiger partial charge in [0, 0.05) is 30.4 Å². The fourth-order valence-electron chi connectivity index (χ4n) is 3.36. The molecule has 1 aliphatic rings. The highest BCUT2D eigenvalue weighted by Gasteiger charge is 2.44. The lowest BCUT2D eigenvalue weighted by Crippen LogP contribution is -2.44. The molecule has 1 aromatic heterocycles. The van der Waals surface area contributed by atoms with Gasteiger partial charge in [-0.05, 0) is 31.0 Å². The summed E-state index contributed by atoms with van der Waals surface area (Å²) in [6.07, 6.45) is 6.66. The summed E-state index contributed by atoms with van der Waals surface area (Å²) in [5.41, 5.74) is 0.136. The average Bonchev–Trinajstić information content (AvgIpc) is 3.21. The van der Waals surface area contributed by atoms with Gasteiger partial charge in [-0.15, -0.1) is 0 Å². The Morgan fingerprint density at radius 1 is 1.30 bits per heavy atom. The van der Waals surface area contributed by atoms with E-state index in [2.05, 4.69) is 15.3 Å². The molecule has 0 atom stereocenters. The number of nitrogens with one attached hydrogen (secondary N) is 2. The van der Waals surface area contributed by atoms with E-state index >= 15 is 0 Å².